The van der Waals surface area contributed by atoms with Crippen LogP contribution >= 0.6 is 0 Å². The molecule has 2 unspecified atom stereocenters. The minimum Gasteiger partial charge on any atom is -0.478 e. The second kappa shape index (κ2) is 6.77. The van der Waals surface area contributed by atoms with Gasteiger partial charge in [0, 0.05) is 6.08 Å². The molecule has 7 heteroatoms. The quantitative estimate of drug-likeness (QED) is 0.642. The summed E-state index contributed by atoms with van der Waals surface area (Å²) < 4.78 is 53.6. The summed E-state index contributed by atoms with van der Waals surface area (Å²) in [6.45, 7) is 0. The van der Waals surface area contributed by atoms with E-state index in [0.717, 1.165) is 6.08 Å². The molecule has 19 heavy (non-hydrogen) atoms. The third kappa shape index (κ3) is 4.99. The van der Waals surface area contributed by atoms with E-state index in [1.807, 2.05) is 0 Å². The van der Waals surface area contributed by atoms with Gasteiger partial charge in [0.1, 0.15) is 5.75 Å². The minimum atomic E-state index is -3.47. The smallest absolute Gasteiger partial charge is 0.328 e. The lowest BCUT2D eigenvalue weighted by atomic mass is 10.2. The van der Waals surface area contributed by atoms with Gasteiger partial charge in [-0.3, -0.25) is 0 Å². The van der Waals surface area contributed by atoms with Gasteiger partial charge >= 0.3 is 5.97 Å². The predicted molar refractivity (Wildman–Crippen MR) is 59.5 cm³/mol. The van der Waals surface area contributed by atoms with Gasteiger partial charge in [-0.2, -0.15) is 4.39 Å². The van der Waals surface area contributed by atoms with Crippen LogP contribution in [0.1, 0.15) is 5.56 Å². The largest absolute Gasteiger partial charge is 0.478 e. The van der Waals surface area contributed by atoms with Gasteiger partial charge in [-0.05, 0) is 23.8 Å². The molecule has 0 aliphatic carbocycles. The third-order valence-corrected chi connectivity index (χ3v) is 2.04. The fourth-order valence-electron chi connectivity index (χ4n) is 1.13. The molecule has 0 radical (unpaired) electrons. The van der Waals surface area contributed by atoms with Crippen molar-refractivity contribution in [1.82, 2.24) is 0 Å². The van der Waals surface area contributed by atoms with Crippen LogP contribution in [-0.2, 0) is 4.79 Å². The highest BCUT2D eigenvalue weighted by Gasteiger charge is 2.31. The average molecular weight is 278 g/mol. The molecule has 0 heterocycles. The van der Waals surface area contributed by atoms with E-state index in [-0.39, 0.29) is 5.75 Å². The molecule has 0 aliphatic rings. The summed E-state index contributed by atoms with van der Waals surface area (Å²) in [5.74, 6) is -1.27. The number of hydrogen-bond acceptors (Lipinski definition) is 2. The topological polar surface area (TPSA) is 46.5 Å². The molecule has 0 aromatic heterocycles. The monoisotopic (exact) mass is 278 g/mol. The normalized spacial score (nSPS) is 14.6. The van der Waals surface area contributed by atoms with Crippen molar-refractivity contribution in [3.05, 3.63) is 35.9 Å². The number of ether oxygens (including phenoxy) is 1. The highest BCUT2D eigenvalue weighted by atomic mass is 19.3. The lowest BCUT2D eigenvalue weighted by molar-refractivity contribution is -0.131. The first-order chi connectivity index (χ1) is 8.90. The van der Waals surface area contributed by atoms with Crippen LogP contribution < -0.4 is 4.74 Å². The second-order valence-electron chi connectivity index (χ2n) is 3.49. The Kier molecular flexibility index (Phi) is 5.35. The number of carbonyl (C=O) groups is 1. The zero-order valence-electron chi connectivity index (χ0n) is 9.47. The number of carboxylic acid groups (broad SMARTS) is 1. The van der Waals surface area contributed by atoms with Crippen molar-refractivity contribution in [2.75, 3.05) is 0 Å². The van der Waals surface area contributed by atoms with E-state index in [9.17, 15) is 22.4 Å². The molecule has 2 atom stereocenters. The zero-order valence-corrected chi connectivity index (χ0v) is 9.47. The summed E-state index contributed by atoms with van der Waals surface area (Å²) in [6, 6.07) is 5.17. The van der Waals surface area contributed by atoms with Gasteiger partial charge in [0.25, 0.3) is 12.8 Å². The SMILES string of the molecule is O=C(O)C=Cc1ccc(OC(F)C(F)C(F)F)cc1. The maximum absolute atomic E-state index is 12.9. The first-order valence-corrected chi connectivity index (χ1v) is 5.14. The lowest BCUT2D eigenvalue weighted by Crippen LogP contribution is -2.29. The van der Waals surface area contributed by atoms with Crippen molar-refractivity contribution < 1.29 is 32.2 Å². The molecular formula is C12H10F4O3. The van der Waals surface area contributed by atoms with Crippen molar-refractivity contribution in [2.24, 2.45) is 0 Å². The molecule has 0 aliphatic heterocycles. The van der Waals surface area contributed by atoms with Gasteiger partial charge in [-0.15, -0.1) is 0 Å². The van der Waals surface area contributed by atoms with Crippen molar-refractivity contribution in [1.29, 1.82) is 0 Å². The molecule has 0 amide bonds. The Balaban J connectivity index is 2.64. The molecular weight excluding hydrogens is 268 g/mol. The third-order valence-electron chi connectivity index (χ3n) is 2.04. The number of rotatable bonds is 6. The summed E-state index contributed by atoms with van der Waals surface area (Å²) in [6.07, 6.45) is -7.09. The van der Waals surface area contributed by atoms with Crippen LogP contribution in [0.15, 0.2) is 30.3 Å². The van der Waals surface area contributed by atoms with Crippen molar-refractivity contribution in [2.45, 2.75) is 19.0 Å². The van der Waals surface area contributed by atoms with Crippen LogP contribution in [0.4, 0.5) is 17.6 Å². The summed E-state index contributed by atoms with van der Waals surface area (Å²) in [7, 11) is 0. The molecule has 3 nitrogen and oxygen atoms in total. The zero-order chi connectivity index (χ0) is 14.4. The Hall–Kier alpha value is -2.05. The minimum absolute atomic E-state index is 0.136. The molecule has 0 bridgehead atoms. The van der Waals surface area contributed by atoms with Crippen LogP contribution in [0, 0.1) is 0 Å². The molecule has 1 N–H and O–H groups in total. The summed E-state index contributed by atoms with van der Waals surface area (Å²) in [5, 5.41) is 8.39. The van der Waals surface area contributed by atoms with E-state index in [1.54, 1.807) is 0 Å². The molecule has 0 fully saturated rings. The van der Waals surface area contributed by atoms with Gasteiger partial charge < -0.3 is 9.84 Å². The molecule has 1 aromatic rings. The van der Waals surface area contributed by atoms with E-state index in [0.29, 0.717) is 5.56 Å². The van der Waals surface area contributed by atoms with Gasteiger partial charge in [0.2, 0.25) is 6.17 Å². The lowest BCUT2D eigenvalue weighted by Gasteiger charge is -2.14. The number of hydrogen-bond donors (Lipinski definition) is 1. The van der Waals surface area contributed by atoms with Crippen LogP contribution in [0.3, 0.4) is 0 Å². The van der Waals surface area contributed by atoms with Gasteiger partial charge in [0.05, 0.1) is 0 Å². The van der Waals surface area contributed by atoms with E-state index in [4.69, 9.17) is 5.11 Å². The van der Waals surface area contributed by atoms with Crippen LogP contribution in [0.25, 0.3) is 6.08 Å². The van der Waals surface area contributed by atoms with Crippen molar-refractivity contribution in [3.63, 3.8) is 0 Å². The van der Waals surface area contributed by atoms with E-state index >= 15 is 0 Å². The maximum Gasteiger partial charge on any atom is 0.328 e. The Morgan fingerprint density at radius 1 is 1.16 bits per heavy atom. The van der Waals surface area contributed by atoms with Gasteiger partial charge in [0.15, 0.2) is 0 Å². The maximum atomic E-state index is 12.9. The number of alkyl halides is 4. The standard InChI is InChI=1S/C12H10F4O3/c13-10(11(14)15)12(16)19-8-4-1-7(2-5-8)3-6-9(17)18/h1-6,10-12H,(H,17,18). The Morgan fingerprint density at radius 3 is 2.21 bits per heavy atom. The summed E-state index contributed by atoms with van der Waals surface area (Å²) in [4.78, 5) is 10.3. The highest BCUT2D eigenvalue weighted by molar-refractivity contribution is 5.85. The second-order valence-corrected chi connectivity index (χ2v) is 3.49. The Morgan fingerprint density at radius 2 is 1.74 bits per heavy atom. The summed E-state index contributed by atoms with van der Waals surface area (Å²) >= 11 is 0. The fraction of sp³-hybridized carbons (Fsp3) is 0.250. The molecule has 0 saturated heterocycles. The van der Waals surface area contributed by atoms with E-state index < -0.39 is 24.9 Å². The molecule has 0 saturated carbocycles. The van der Waals surface area contributed by atoms with Crippen molar-refractivity contribution >= 4 is 12.0 Å². The number of carboxylic acids is 1. The van der Waals surface area contributed by atoms with Crippen LogP contribution in [-0.4, -0.2) is 30.0 Å². The van der Waals surface area contributed by atoms with E-state index in [2.05, 4.69) is 4.74 Å². The van der Waals surface area contributed by atoms with Crippen molar-refractivity contribution in [3.8, 4) is 5.75 Å². The molecule has 1 aromatic carbocycles. The van der Waals surface area contributed by atoms with Crippen LogP contribution in [0.2, 0.25) is 0 Å². The number of halogens is 4. The predicted octanol–water partition coefficient (Wildman–Crippen LogP) is 3.06. The van der Waals surface area contributed by atoms with Gasteiger partial charge in [-0.1, -0.05) is 12.1 Å². The Bertz CT molecular complexity index is 445. The molecule has 1 rings (SSSR count). The van der Waals surface area contributed by atoms with E-state index in [1.165, 1.54) is 30.3 Å². The molecule has 0 spiro atoms. The highest BCUT2D eigenvalue weighted by Crippen LogP contribution is 2.20. The Labute approximate surface area is 106 Å². The van der Waals surface area contributed by atoms with Gasteiger partial charge in [-0.25, -0.2) is 18.0 Å². The molecule has 104 valence electrons. The number of benzene rings is 1. The average Bonchev–Trinajstić information content (AvgIpc) is 2.36. The fourth-order valence-corrected chi connectivity index (χ4v) is 1.13. The van der Waals surface area contributed by atoms with Crippen LogP contribution in [0.5, 0.6) is 5.75 Å². The number of aliphatic carboxylic acids is 1. The first kappa shape index (κ1) is 15.0. The summed E-state index contributed by atoms with van der Waals surface area (Å²) in [5.41, 5.74) is 0.482. The first-order valence-electron chi connectivity index (χ1n) is 5.14.